The van der Waals surface area contributed by atoms with E-state index in [4.69, 9.17) is 9.47 Å². The first-order valence-electron chi connectivity index (χ1n) is 11.0. The maximum Gasteiger partial charge on any atom is 0.416 e. The van der Waals surface area contributed by atoms with Gasteiger partial charge in [-0.15, -0.1) is 21.5 Å². The minimum absolute atomic E-state index is 0.0281. The van der Waals surface area contributed by atoms with Gasteiger partial charge in [-0.05, 0) is 23.8 Å². The van der Waals surface area contributed by atoms with E-state index in [1.807, 2.05) is 30.3 Å². The van der Waals surface area contributed by atoms with Crippen LogP contribution in [0.2, 0.25) is 0 Å². The number of halogens is 3. The average molecular weight is 563 g/mol. The molecule has 0 aliphatic rings. The van der Waals surface area contributed by atoms with Crippen LogP contribution in [0.1, 0.15) is 21.7 Å². The van der Waals surface area contributed by atoms with Crippen molar-refractivity contribution < 1.29 is 32.2 Å². The van der Waals surface area contributed by atoms with Crippen LogP contribution >= 0.6 is 23.1 Å². The molecule has 0 atom stereocenters. The molecule has 1 amide bonds. The summed E-state index contributed by atoms with van der Waals surface area (Å²) in [6.45, 7) is -0.114. The molecular weight excluding hydrogens is 541 g/mol. The SMILES string of the molecule is COC(=O)c1c(-c2ccccc2)csc1NC(=O)CSc1nnc(COc2cccc(C(F)(F)F)c2)n1C. The van der Waals surface area contributed by atoms with Gasteiger partial charge in [-0.2, -0.15) is 13.2 Å². The highest BCUT2D eigenvalue weighted by Gasteiger charge is 2.30. The molecule has 0 saturated carbocycles. The Kier molecular flexibility index (Phi) is 8.37. The number of rotatable bonds is 9. The third kappa shape index (κ3) is 6.34. The van der Waals surface area contributed by atoms with Gasteiger partial charge in [-0.25, -0.2) is 4.79 Å². The number of aromatic nitrogens is 3. The number of hydrogen-bond acceptors (Lipinski definition) is 8. The highest BCUT2D eigenvalue weighted by molar-refractivity contribution is 7.99. The van der Waals surface area contributed by atoms with Crippen LogP contribution in [0.25, 0.3) is 11.1 Å². The predicted octanol–water partition coefficient (Wildman–Crippen LogP) is 5.66. The van der Waals surface area contributed by atoms with Crippen molar-refractivity contribution in [3.05, 3.63) is 76.9 Å². The minimum atomic E-state index is -4.47. The molecule has 0 aliphatic carbocycles. The Morgan fingerprint density at radius 2 is 1.87 bits per heavy atom. The van der Waals surface area contributed by atoms with E-state index in [1.165, 1.54) is 30.6 Å². The molecule has 4 aromatic rings. The van der Waals surface area contributed by atoms with Crippen LogP contribution in [0.4, 0.5) is 18.2 Å². The van der Waals surface area contributed by atoms with Crippen molar-refractivity contribution in [1.82, 2.24) is 14.8 Å². The summed E-state index contributed by atoms with van der Waals surface area (Å²) in [5, 5.41) is 13.4. The molecule has 0 fully saturated rings. The predicted molar refractivity (Wildman–Crippen MR) is 137 cm³/mol. The number of methoxy groups -OCH3 is 1. The molecule has 2 heterocycles. The first kappa shape index (κ1) is 27.2. The number of carbonyl (C=O) groups is 2. The maximum atomic E-state index is 12.9. The van der Waals surface area contributed by atoms with Crippen molar-refractivity contribution >= 4 is 40.0 Å². The molecule has 0 aliphatic heterocycles. The van der Waals surface area contributed by atoms with Gasteiger partial charge in [0.15, 0.2) is 11.0 Å². The molecule has 4 rings (SSSR count). The quantitative estimate of drug-likeness (QED) is 0.208. The first-order chi connectivity index (χ1) is 18.2. The lowest BCUT2D eigenvalue weighted by Gasteiger charge is -2.10. The number of hydrogen-bond donors (Lipinski definition) is 1. The standard InChI is InChI=1S/C25H21F3N4O4S2/c1-32-19(12-36-17-10-6-9-16(11-17)25(26,27)28)30-31-24(32)38-14-20(33)29-22-21(23(34)35-2)18(13-37-22)15-7-4-3-5-8-15/h3-11,13H,12,14H2,1-2H3,(H,29,33). The molecule has 0 saturated heterocycles. The Morgan fingerprint density at radius 1 is 1.11 bits per heavy atom. The number of esters is 1. The first-order valence-corrected chi connectivity index (χ1v) is 12.9. The fourth-order valence-electron chi connectivity index (χ4n) is 3.38. The second-order valence-corrected chi connectivity index (χ2v) is 9.64. The molecule has 2 aromatic carbocycles. The zero-order valence-corrected chi connectivity index (χ0v) is 21.7. The number of carbonyl (C=O) groups excluding carboxylic acids is 2. The minimum Gasteiger partial charge on any atom is -0.486 e. The Hall–Kier alpha value is -3.84. The van der Waals surface area contributed by atoms with Gasteiger partial charge in [-0.3, -0.25) is 4.79 Å². The van der Waals surface area contributed by atoms with E-state index in [0.717, 1.165) is 29.5 Å². The second kappa shape index (κ2) is 11.7. The summed E-state index contributed by atoms with van der Waals surface area (Å²) in [5.74, 6) is -0.551. The van der Waals surface area contributed by atoms with Gasteiger partial charge in [0, 0.05) is 18.0 Å². The topological polar surface area (TPSA) is 95.3 Å². The molecule has 13 heteroatoms. The van der Waals surface area contributed by atoms with E-state index in [2.05, 4.69) is 15.5 Å². The van der Waals surface area contributed by atoms with Crippen LogP contribution in [-0.4, -0.2) is 39.5 Å². The number of thiophene rings is 1. The average Bonchev–Trinajstić information content (AvgIpc) is 3.49. The summed E-state index contributed by atoms with van der Waals surface area (Å²) >= 11 is 2.32. The Bertz CT molecular complexity index is 1440. The van der Waals surface area contributed by atoms with Crippen molar-refractivity contribution in [3.8, 4) is 16.9 Å². The van der Waals surface area contributed by atoms with Gasteiger partial charge in [0.2, 0.25) is 5.91 Å². The molecule has 2 aromatic heterocycles. The van der Waals surface area contributed by atoms with Crippen molar-refractivity contribution in [3.63, 3.8) is 0 Å². The highest BCUT2D eigenvalue weighted by atomic mass is 32.2. The number of alkyl halides is 3. The van der Waals surface area contributed by atoms with E-state index in [9.17, 15) is 22.8 Å². The molecule has 0 bridgehead atoms. The second-order valence-electron chi connectivity index (χ2n) is 7.82. The summed E-state index contributed by atoms with van der Waals surface area (Å²) < 4.78 is 50.7. The van der Waals surface area contributed by atoms with Gasteiger partial charge < -0.3 is 19.4 Å². The third-order valence-electron chi connectivity index (χ3n) is 5.31. The maximum absolute atomic E-state index is 12.9. The van der Waals surface area contributed by atoms with Gasteiger partial charge >= 0.3 is 12.1 Å². The van der Waals surface area contributed by atoms with Gasteiger partial charge in [0.1, 0.15) is 22.9 Å². The number of thioether (sulfide) groups is 1. The fraction of sp³-hybridized carbons (Fsp3) is 0.200. The van der Waals surface area contributed by atoms with Crippen molar-refractivity contribution in [1.29, 1.82) is 0 Å². The highest BCUT2D eigenvalue weighted by Crippen LogP contribution is 2.36. The molecule has 0 unspecified atom stereocenters. The Morgan fingerprint density at radius 3 is 2.58 bits per heavy atom. The third-order valence-corrected chi connectivity index (χ3v) is 7.22. The van der Waals surface area contributed by atoms with E-state index in [0.29, 0.717) is 21.5 Å². The lowest BCUT2D eigenvalue weighted by atomic mass is 10.0. The number of ether oxygens (including phenoxy) is 2. The van der Waals surface area contributed by atoms with Crippen LogP contribution in [0.5, 0.6) is 5.75 Å². The summed E-state index contributed by atoms with van der Waals surface area (Å²) in [6, 6.07) is 13.8. The normalized spacial score (nSPS) is 11.3. The summed E-state index contributed by atoms with van der Waals surface area (Å²) in [5.41, 5.74) is 0.934. The van der Waals surface area contributed by atoms with Crippen molar-refractivity contribution in [2.75, 3.05) is 18.2 Å². The van der Waals surface area contributed by atoms with Crippen LogP contribution < -0.4 is 10.1 Å². The lowest BCUT2D eigenvalue weighted by molar-refractivity contribution is -0.137. The number of nitrogens with one attached hydrogen (secondary N) is 1. The van der Waals surface area contributed by atoms with Gasteiger partial charge in [0.25, 0.3) is 0 Å². The molecule has 0 spiro atoms. The molecule has 1 N–H and O–H groups in total. The van der Waals surface area contributed by atoms with Crippen molar-refractivity contribution in [2.24, 2.45) is 7.05 Å². The molecule has 8 nitrogen and oxygen atoms in total. The lowest BCUT2D eigenvalue weighted by Crippen LogP contribution is -2.16. The van der Waals surface area contributed by atoms with Crippen LogP contribution in [0.3, 0.4) is 0 Å². The number of amides is 1. The van der Waals surface area contributed by atoms with Crippen LogP contribution in [0, 0.1) is 0 Å². The summed E-state index contributed by atoms with van der Waals surface area (Å²) in [6.07, 6.45) is -4.47. The Balaban J connectivity index is 1.38. The van der Waals surface area contributed by atoms with Crippen molar-refractivity contribution in [2.45, 2.75) is 17.9 Å². The molecule has 0 radical (unpaired) electrons. The zero-order valence-electron chi connectivity index (χ0n) is 20.1. The van der Waals surface area contributed by atoms with E-state index >= 15 is 0 Å². The van der Waals surface area contributed by atoms with Crippen LogP contribution in [-0.2, 0) is 29.4 Å². The summed E-state index contributed by atoms with van der Waals surface area (Å²) in [7, 11) is 2.93. The number of anilines is 1. The monoisotopic (exact) mass is 562 g/mol. The Labute approximate surface area is 223 Å². The summed E-state index contributed by atoms with van der Waals surface area (Å²) in [4.78, 5) is 25.2. The zero-order chi connectivity index (χ0) is 27.3. The van der Waals surface area contributed by atoms with Gasteiger partial charge in [-0.1, -0.05) is 48.2 Å². The van der Waals surface area contributed by atoms with E-state index < -0.39 is 17.7 Å². The number of nitrogens with zero attached hydrogens (tertiary/aromatic N) is 3. The van der Waals surface area contributed by atoms with Crippen LogP contribution in [0.15, 0.2) is 65.1 Å². The molecule has 38 heavy (non-hydrogen) atoms. The molecule has 198 valence electrons. The fourth-order valence-corrected chi connectivity index (χ4v) is 5.09. The molecular formula is C25H21F3N4O4S2. The van der Waals surface area contributed by atoms with E-state index in [-0.39, 0.29) is 29.6 Å². The largest absolute Gasteiger partial charge is 0.486 e. The van der Waals surface area contributed by atoms with Gasteiger partial charge in [0.05, 0.1) is 18.4 Å². The van der Waals surface area contributed by atoms with E-state index in [1.54, 1.807) is 17.0 Å². The smallest absolute Gasteiger partial charge is 0.416 e. The number of benzene rings is 2.